The summed E-state index contributed by atoms with van der Waals surface area (Å²) in [5, 5.41) is 6.40. The fraction of sp³-hybridized carbons (Fsp3) is 0.533. The van der Waals surface area contributed by atoms with Gasteiger partial charge in [0.15, 0.2) is 0 Å². The van der Waals surface area contributed by atoms with E-state index < -0.39 is 5.54 Å². The molecule has 1 unspecified atom stereocenters. The number of amides is 1. The monoisotopic (exact) mass is 340 g/mol. The maximum absolute atomic E-state index is 12.6. The van der Waals surface area contributed by atoms with E-state index in [2.05, 4.69) is 33.5 Å². The molecule has 2 rings (SSSR count). The highest BCUT2D eigenvalue weighted by atomic mass is 79.9. The molecule has 20 heavy (non-hydrogen) atoms. The number of hydrogen-bond acceptors (Lipinski definition) is 3. The minimum atomic E-state index is -0.419. The summed E-state index contributed by atoms with van der Waals surface area (Å²) < 4.78 is 6.06. The fourth-order valence-corrected chi connectivity index (χ4v) is 3.07. The smallest absolute Gasteiger partial charge is 0.244 e. The van der Waals surface area contributed by atoms with Crippen LogP contribution >= 0.6 is 15.9 Å². The van der Waals surface area contributed by atoms with Crippen molar-refractivity contribution < 1.29 is 9.53 Å². The Kier molecular flexibility index (Phi) is 5.05. The second-order valence-corrected chi connectivity index (χ2v) is 6.02. The topological polar surface area (TPSA) is 50.4 Å². The van der Waals surface area contributed by atoms with E-state index in [9.17, 15) is 4.79 Å². The maximum Gasteiger partial charge on any atom is 0.244 e. The lowest BCUT2D eigenvalue weighted by molar-refractivity contribution is -0.122. The predicted octanol–water partition coefficient (Wildman–Crippen LogP) is 3.32. The number of hydrogen-bond donors (Lipinski definition) is 2. The van der Waals surface area contributed by atoms with Crippen molar-refractivity contribution in [3.05, 3.63) is 22.7 Å². The Morgan fingerprint density at radius 2 is 2.35 bits per heavy atom. The third-order valence-electron chi connectivity index (χ3n) is 3.78. The first kappa shape index (κ1) is 15.3. The zero-order valence-corrected chi connectivity index (χ0v) is 13.5. The van der Waals surface area contributed by atoms with Gasteiger partial charge in [0.25, 0.3) is 0 Å². The largest absolute Gasteiger partial charge is 0.497 e. The molecule has 1 saturated heterocycles. The van der Waals surface area contributed by atoms with Crippen LogP contribution in [0.25, 0.3) is 0 Å². The van der Waals surface area contributed by atoms with Gasteiger partial charge in [-0.2, -0.15) is 0 Å². The highest BCUT2D eigenvalue weighted by molar-refractivity contribution is 9.10. The Bertz CT molecular complexity index is 485. The molecule has 4 nitrogen and oxygen atoms in total. The van der Waals surface area contributed by atoms with Crippen LogP contribution in [-0.4, -0.2) is 25.1 Å². The van der Waals surface area contributed by atoms with Crippen molar-refractivity contribution in [3.63, 3.8) is 0 Å². The van der Waals surface area contributed by atoms with Gasteiger partial charge in [-0.15, -0.1) is 0 Å². The van der Waals surface area contributed by atoms with Gasteiger partial charge in [-0.3, -0.25) is 4.79 Å². The summed E-state index contributed by atoms with van der Waals surface area (Å²) in [7, 11) is 1.62. The number of nitrogens with one attached hydrogen (secondary N) is 2. The summed E-state index contributed by atoms with van der Waals surface area (Å²) in [6, 6.07) is 5.56. The molecule has 110 valence electrons. The van der Waals surface area contributed by atoms with Gasteiger partial charge in [-0.1, -0.05) is 13.3 Å². The van der Waals surface area contributed by atoms with Gasteiger partial charge in [-0.25, -0.2) is 0 Å². The molecule has 0 aromatic heterocycles. The number of carbonyl (C=O) groups is 1. The third-order valence-corrected chi connectivity index (χ3v) is 4.47. The maximum atomic E-state index is 12.6. The molecule has 1 fully saturated rings. The summed E-state index contributed by atoms with van der Waals surface area (Å²) in [4.78, 5) is 12.6. The van der Waals surface area contributed by atoms with E-state index in [0.29, 0.717) is 0 Å². The van der Waals surface area contributed by atoms with E-state index >= 15 is 0 Å². The Morgan fingerprint density at radius 1 is 1.55 bits per heavy atom. The average molecular weight is 341 g/mol. The predicted molar refractivity (Wildman–Crippen MR) is 84.2 cm³/mol. The van der Waals surface area contributed by atoms with Gasteiger partial charge in [-0.05, 0) is 53.9 Å². The SMILES string of the molecule is CCCC1(C(=O)Nc2cc(OC)ccc2Br)CCCN1. The first-order chi connectivity index (χ1) is 9.61. The van der Waals surface area contributed by atoms with E-state index in [4.69, 9.17) is 4.74 Å². The van der Waals surface area contributed by atoms with Crippen molar-refractivity contribution in [2.45, 2.75) is 38.1 Å². The number of carbonyl (C=O) groups excluding carboxylic acids is 1. The van der Waals surface area contributed by atoms with Crippen LogP contribution in [0.15, 0.2) is 22.7 Å². The molecule has 1 atom stereocenters. The van der Waals surface area contributed by atoms with Crippen molar-refractivity contribution in [3.8, 4) is 5.75 Å². The minimum Gasteiger partial charge on any atom is -0.497 e. The van der Waals surface area contributed by atoms with Crippen molar-refractivity contribution in [1.82, 2.24) is 5.32 Å². The Balaban J connectivity index is 2.18. The Hall–Kier alpha value is -1.07. The van der Waals surface area contributed by atoms with Crippen molar-refractivity contribution in [1.29, 1.82) is 0 Å². The van der Waals surface area contributed by atoms with E-state index in [1.165, 1.54) is 0 Å². The molecule has 5 heteroatoms. The zero-order valence-electron chi connectivity index (χ0n) is 12.0. The number of anilines is 1. The van der Waals surface area contributed by atoms with Crippen LogP contribution in [0.4, 0.5) is 5.69 Å². The molecule has 1 amide bonds. The molecule has 0 aliphatic carbocycles. The van der Waals surface area contributed by atoms with Gasteiger partial charge in [0, 0.05) is 10.5 Å². The lowest BCUT2D eigenvalue weighted by Crippen LogP contribution is -2.50. The molecule has 1 aromatic rings. The van der Waals surface area contributed by atoms with Crippen LogP contribution in [0.5, 0.6) is 5.75 Å². The van der Waals surface area contributed by atoms with Gasteiger partial charge >= 0.3 is 0 Å². The molecule has 0 bridgehead atoms. The standard InChI is InChI=1S/C15H21BrN2O2/c1-3-7-15(8-4-9-17-15)14(19)18-13-10-11(20-2)5-6-12(13)16/h5-6,10,17H,3-4,7-9H2,1-2H3,(H,18,19). The molecule has 1 aliphatic rings. The summed E-state index contributed by atoms with van der Waals surface area (Å²) in [5.41, 5.74) is 0.329. The summed E-state index contributed by atoms with van der Waals surface area (Å²) in [6.45, 7) is 3.02. The first-order valence-electron chi connectivity index (χ1n) is 7.01. The van der Waals surface area contributed by atoms with Gasteiger partial charge in [0.1, 0.15) is 5.75 Å². The molecule has 2 N–H and O–H groups in total. The minimum absolute atomic E-state index is 0.0470. The molecule has 0 spiro atoms. The van der Waals surface area contributed by atoms with Crippen LogP contribution in [0.2, 0.25) is 0 Å². The first-order valence-corrected chi connectivity index (χ1v) is 7.80. The van der Waals surface area contributed by atoms with Crippen LogP contribution < -0.4 is 15.4 Å². The molecule has 0 saturated carbocycles. The number of benzene rings is 1. The fourth-order valence-electron chi connectivity index (χ4n) is 2.72. The highest BCUT2D eigenvalue weighted by Crippen LogP contribution is 2.30. The summed E-state index contributed by atoms with van der Waals surface area (Å²) in [5.74, 6) is 0.776. The van der Waals surface area contributed by atoms with Gasteiger partial charge < -0.3 is 15.4 Å². The van der Waals surface area contributed by atoms with Crippen LogP contribution in [0.3, 0.4) is 0 Å². The van der Waals surface area contributed by atoms with Crippen molar-refractivity contribution in [2.75, 3.05) is 19.0 Å². The molecule has 1 aromatic carbocycles. The number of rotatable bonds is 5. The van der Waals surface area contributed by atoms with E-state index in [1.54, 1.807) is 7.11 Å². The van der Waals surface area contributed by atoms with E-state index in [0.717, 1.165) is 48.1 Å². The number of methoxy groups -OCH3 is 1. The Morgan fingerprint density at radius 3 is 2.95 bits per heavy atom. The summed E-state index contributed by atoms with van der Waals surface area (Å²) >= 11 is 3.46. The summed E-state index contributed by atoms with van der Waals surface area (Å²) in [6.07, 6.45) is 3.79. The molecule has 0 radical (unpaired) electrons. The second-order valence-electron chi connectivity index (χ2n) is 5.16. The van der Waals surface area contributed by atoms with E-state index in [1.807, 2.05) is 18.2 Å². The zero-order chi connectivity index (χ0) is 14.6. The Labute approximate surface area is 128 Å². The molecule has 1 aliphatic heterocycles. The number of halogens is 1. The molecule has 1 heterocycles. The lowest BCUT2D eigenvalue weighted by atomic mass is 9.91. The average Bonchev–Trinajstić information content (AvgIpc) is 2.91. The second kappa shape index (κ2) is 6.59. The highest BCUT2D eigenvalue weighted by Gasteiger charge is 2.40. The van der Waals surface area contributed by atoms with Crippen molar-refractivity contribution >= 4 is 27.5 Å². The molecular formula is C15H21BrN2O2. The normalized spacial score (nSPS) is 21.8. The quantitative estimate of drug-likeness (QED) is 0.864. The van der Waals surface area contributed by atoms with Crippen LogP contribution in [0, 0.1) is 0 Å². The third kappa shape index (κ3) is 3.15. The van der Waals surface area contributed by atoms with Crippen molar-refractivity contribution in [2.24, 2.45) is 0 Å². The number of ether oxygens (including phenoxy) is 1. The van der Waals surface area contributed by atoms with E-state index in [-0.39, 0.29) is 5.91 Å². The van der Waals surface area contributed by atoms with Crippen LogP contribution in [0.1, 0.15) is 32.6 Å². The molecular weight excluding hydrogens is 320 g/mol. The van der Waals surface area contributed by atoms with Gasteiger partial charge in [0.05, 0.1) is 18.3 Å². The van der Waals surface area contributed by atoms with Gasteiger partial charge in [0.2, 0.25) is 5.91 Å². The lowest BCUT2D eigenvalue weighted by Gasteiger charge is -2.28. The van der Waals surface area contributed by atoms with Crippen LogP contribution in [-0.2, 0) is 4.79 Å².